The van der Waals surface area contributed by atoms with Crippen LogP contribution in [0.3, 0.4) is 0 Å². The molecule has 5 nitrogen and oxygen atoms in total. The zero-order valence-corrected chi connectivity index (χ0v) is 12.4. The number of esters is 1. The molecule has 0 saturated carbocycles. The van der Waals surface area contributed by atoms with Crippen molar-refractivity contribution in [1.82, 2.24) is 5.32 Å². The van der Waals surface area contributed by atoms with E-state index in [1.807, 2.05) is 0 Å². The van der Waals surface area contributed by atoms with E-state index in [1.165, 1.54) is 45.2 Å². The van der Waals surface area contributed by atoms with Crippen LogP contribution in [0.4, 0.5) is 23.7 Å². The van der Waals surface area contributed by atoms with Crippen LogP contribution in [-0.2, 0) is 16.0 Å². The molecule has 0 aliphatic rings. The number of benzene rings is 1. The number of halogens is 3. The second kappa shape index (κ2) is 6.67. The Balaban J connectivity index is 2.64. The predicted molar refractivity (Wildman–Crippen MR) is 74.5 cm³/mol. The van der Waals surface area contributed by atoms with Crippen LogP contribution < -0.4 is 10.6 Å². The molecule has 0 aliphatic heterocycles. The van der Waals surface area contributed by atoms with Crippen molar-refractivity contribution in [2.75, 3.05) is 12.4 Å². The maximum atomic E-state index is 12.2. The molecule has 8 heteroatoms. The van der Waals surface area contributed by atoms with Gasteiger partial charge in [-0.25, -0.2) is 9.59 Å². The van der Waals surface area contributed by atoms with Gasteiger partial charge in [-0.05, 0) is 31.5 Å². The molecule has 0 unspecified atom stereocenters. The van der Waals surface area contributed by atoms with Crippen LogP contribution >= 0.6 is 0 Å². The number of ether oxygens (including phenoxy) is 1. The zero-order chi connectivity index (χ0) is 17.0. The van der Waals surface area contributed by atoms with Gasteiger partial charge >= 0.3 is 18.2 Å². The van der Waals surface area contributed by atoms with E-state index in [0.29, 0.717) is 5.69 Å². The number of hydrogen-bond donors (Lipinski definition) is 2. The summed E-state index contributed by atoms with van der Waals surface area (Å²) >= 11 is 0. The van der Waals surface area contributed by atoms with Gasteiger partial charge in [-0.15, -0.1) is 0 Å². The molecule has 122 valence electrons. The van der Waals surface area contributed by atoms with Crippen LogP contribution in [-0.4, -0.2) is 30.8 Å². The number of amides is 2. The second-order valence-electron chi connectivity index (χ2n) is 5.18. The Morgan fingerprint density at radius 2 is 1.68 bits per heavy atom. The third-order valence-corrected chi connectivity index (χ3v) is 2.74. The molecule has 0 spiro atoms. The standard InChI is InChI=1S/C14H17F3N2O3/c1-13(2,11(20)22-3)19-12(21)18-10-6-4-9(5-7-10)8-14(15,16)17/h4-7H,8H2,1-3H3,(H2,18,19,21). The highest BCUT2D eigenvalue weighted by atomic mass is 19.4. The SMILES string of the molecule is COC(=O)C(C)(C)NC(=O)Nc1ccc(CC(F)(F)F)cc1. The van der Waals surface area contributed by atoms with Crippen LogP contribution in [0.25, 0.3) is 0 Å². The van der Waals surface area contributed by atoms with E-state index in [1.54, 1.807) is 0 Å². The minimum absolute atomic E-state index is 0.0911. The van der Waals surface area contributed by atoms with Crippen LogP contribution in [0.5, 0.6) is 0 Å². The van der Waals surface area contributed by atoms with E-state index in [-0.39, 0.29) is 5.56 Å². The Labute approximate surface area is 125 Å². The van der Waals surface area contributed by atoms with Gasteiger partial charge in [0.1, 0.15) is 5.54 Å². The molecular weight excluding hydrogens is 301 g/mol. The van der Waals surface area contributed by atoms with Crippen LogP contribution in [0.1, 0.15) is 19.4 Å². The van der Waals surface area contributed by atoms with E-state index in [0.717, 1.165) is 0 Å². The van der Waals surface area contributed by atoms with Crippen molar-refractivity contribution >= 4 is 17.7 Å². The highest BCUT2D eigenvalue weighted by Crippen LogP contribution is 2.22. The molecule has 2 N–H and O–H groups in total. The number of hydrogen-bond acceptors (Lipinski definition) is 3. The monoisotopic (exact) mass is 318 g/mol. The molecule has 0 heterocycles. The molecule has 0 fully saturated rings. The van der Waals surface area contributed by atoms with E-state index >= 15 is 0 Å². The van der Waals surface area contributed by atoms with E-state index in [2.05, 4.69) is 15.4 Å². The quantitative estimate of drug-likeness (QED) is 0.839. The average molecular weight is 318 g/mol. The first-order valence-corrected chi connectivity index (χ1v) is 6.37. The maximum absolute atomic E-state index is 12.2. The normalized spacial score (nSPS) is 11.7. The number of rotatable bonds is 4. The summed E-state index contributed by atoms with van der Waals surface area (Å²) in [4.78, 5) is 23.2. The lowest BCUT2D eigenvalue weighted by Crippen LogP contribution is -2.51. The number of carbonyl (C=O) groups excluding carboxylic acids is 2. The highest BCUT2D eigenvalue weighted by molar-refractivity contribution is 5.93. The molecule has 1 rings (SSSR count). The molecule has 1 aromatic carbocycles. The maximum Gasteiger partial charge on any atom is 0.393 e. The van der Waals surface area contributed by atoms with Crippen LogP contribution in [0.2, 0.25) is 0 Å². The van der Waals surface area contributed by atoms with Crippen molar-refractivity contribution in [3.63, 3.8) is 0 Å². The first-order valence-electron chi connectivity index (χ1n) is 6.37. The Morgan fingerprint density at radius 3 is 2.14 bits per heavy atom. The van der Waals surface area contributed by atoms with Crippen molar-refractivity contribution in [2.45, 2.75) is 32.0 Å². The van der Waals surface area contributed by atoms with Crippen molar-refractivity contribution in [3.05, 3.63) is 29.8 Å². The molecule has 1 aromatic rings. The Kier molecular flexibility index (Phi) is 5.40. The largest absolute Gasteiger partial charge is 0.467 e. The topological polar surface area (TPSA) is 67.4 Å². The minimum atomic E-state index is -4.28. The van der Waals surface area contributed by atoms with Crippen LogP contribution in [0, 0.1) is 0 Å². The lowest BCUT2D eigenvalue weighted by Gasteiger charge is -2.23. The summed E-state index contributed by atoms with van der Waals surface area (Å²) < 4.78 is 41.2. The Hall–Kier alpha value is -2.25. The second-order valence-corrected chi connectivity index (χ2v) is 5.18. The molecule has 0 atom stereocenters. The summed E-state index contributed by atoms with van der Waals surface area (Å²) in [5.74, 6) is -0.622. The van der Waals surface area contributed by atoms with Gasteiger partial charge < -0.3 is 15.4 Å². The lowest BCUT2D eigenvalue weighted by atomic mass is 10.1. The number of urea groups is 1. The van der Waals surface area contributed by atoms with Crippen LogP contribution in [0.15, 0.2) is 24.3 Å². The Morgan fingerprint density at radius 1 is 1.14 bits per heavy atom. The summed E-state index contributed by atoms with van der Waals surface area (Å²) in [5.41, 5.74) is -0.827. The fourth-order valence-corrected chi connectivity index (χ4v) is 1.69. The van der Waals surface area contributed by atoms with Crippen molar-refractivity contribution < 1.29 is 27.5 Å². The first kappa shape index (κ1) is 17.8. The highest BCUT2D eigenvalue weighted by Gasteiger charge is 2.30. The summed E-state index contributed by atoms with van der Waals surface area (Å²) in [5, 5.41) is 4.83. The van der Waals surface area contributed by atoms with Crippen molar-refractivity contribution in [3.8, 4) is 0 Å². The molecule has 22 heavy (non-hydrogen) atoms. The molecule has 0 radical (unpaired) electrons. The van der Waals surface area contributed by atoms with Gasteiger partial charge in [0.05, 0.1) is 13.5 Å². The smallest absolute Gasteiger partial charge is 0.393 e. The predicted octanol–water partition coefficient (Wildman–Crippen LogP) is 2.86. The Bertz CT molecular complexity index is 539. The summed E-state index contributed by atoms with van der Waals surface area (Å²) in [6.45, 7) is 2.93. The minimum Gasteiger partial charge on any atom is -0.467 e. The summed E-state index contributed by atoms with van der Waals surface area (Å²) in [7, 11) is 1.20. The van der Waals surface area contributed by atoms with Gasteiger partial charge in [0, 0.05) is 5.69 Å². The first-order chi connectivity index (χ1) is 10.0. The van der Waals surface area contributed by atoms with E-state index in [4.69, 9.17) is 0 Å². The fraction of sp³-hybridized carbons (Fsp3) is 0.429. The van der Waals surface area contributed by atoms with E-state index < -0.39 is 30.1 Å². The molecular formula is C14H17F3N2O3. The van der Waals surface area contributed by atoms with Gasteiger partial charge in [-0.2, -0.15) is 13.2 Å². The number of nitrogens with one attached hydrogen (secondary N) is 2. The summed E-state index contributed by atoms with van der Waals surface area (Å²) in [6.07, 6.45) is -5.31. The number of alkyl halides is 3. The molecule has 0 aromatic heterocycles. The third-order valence-electron chi connectivity index (χ3n) is 2.74. The van der Waals surface area contributed by atoms with Crippen molar-refractivity contribution in [2.24, 2.45) is 0 Å². The molecule has 0 saturated heterocycles. The average Bonchev–Trinajstić information content (AvgIpc) is 2.37. The van der Waals surface area contributed by atoms with Gasteiger partial charge in [0.2, 0.25) is 0 Å². The van der Waals surface area contributed by atoms with Gasteiger partial charge in [-0.1, -0.05) is 12.1 Å². The van der Waals surface area contributed by atoms with Crippen molar-refractivity contribution in [1.29, 1.82) is 0 Å². The van der Waals surface area contributed by atoms with E-state index in [9.17, 15) is 22.8 Å². The molecule has 2 amide bonds. The summed E-state index contributed by atoms with van der Waals surface area (Å²) in [6, 6.07) is 4.58. The number of methoxy groups -OCH3 is 1. The number of anilines is 1. The van der Waals surface area contributed by atoms with Gasteiger partial charge in [0.25, 0.3) is 0 Å². The lowest BCUT2D eigenvalue weighted by molar-refractivity contribution is -0.146. The molecule has 0 aliphatic carbocycles. The zero-order valence-electron chi connectivity index (χ0n) is 12.4. The molecule has 0 bridgehead atoms. The fourth-order valence-electron chi connectivity index (χ4n) is 1.69. The number of carbonyl (C=O) groups is 2. The van der Waals surface area contributed by atoms with Gasteiger partial charge in [-0.3, -0.25) is 0 Å². The third kappa shape index (κ3) is 5.63. The van der Waals surface area contributed by atoms with Gasteiger partial charge in [0.15, 0.2) is 0 Å².